The van der Waals surface area contributed by atoms with Gasteiger partial charge in [0.05, 0.1) is 6.04 Å². The van der Waals surface area contributed by atoms with Gasteiger partial charge in [0.25, 0.3) is 0 Å². The Morgan fingerprint density at radius 2 is 1.41 bits per heavy atom. The second-order valence-electron chi connectivity index (χ2n) is 12.6. The highest BCUT2D eigenvalue weighted by Gasteiger charge is 2.67. The first-order chi connectivity index (χ1) is 16.0. The van der Waals surface area contributed by atoms with Gasteiger partial charge in [-0.05, 0) is 51.1 Å². The SMILES string of the molecule is CC(C)(C)OC(=O)N1[C@@H]2CC3CN[C@H]([C@@H]2[Si](c2ccccc2)(c2ccccc2)C(C)(C)C)[C@@H]1C3. The summed E-state index contributed by atoms with van der Waals surface area (Å²) in [4.78, 5) is 15.8. The molecule has 0 saturated carbocycles. The van der Waals surface area contributed by atoms with Crippen LogP contribution in [0.3, 0.4) is 0 Å². The minimum Gasteiger partial charge on any atom is -0.444 e. The van der Waals surface area contributed by atoms with Crippen LogP contribution in [0.5, 0.6) is 0 Å². The lowest BCUT2D eigenvalue weighted by Gasteiger charge is -2.51. The van der Waals surface area contributed by atoms with Gasteiger partial charge in [-0.3, -0.25) is 0 Å². The molecular weight excluding hydrogens is 436 g/mol. The molecule has 5 rings (SSSR count). The summed E-state index contributed by atoms with van der Waals surface area (Å²) in [6.07, 6.45) is 2.02. The Balaban J connectivity index is 1.73. The number of carbonyl (C=O) groups excluding carboxylic acids is 1. The molecule has 1 N–H and O–H groups in total. The third-order valence-electron chi connectivity index (χ3n) is 8.47. The van der Waals surface area contributed by atoms with Crippen molar-refractivity contribution in [2.75, 3.05) is 6.54 Å². The Morgan fingerprint density at radius 1 is 0.882 bits per heavy atom. The van der Waals surface area contributed by atoms with E-state index in [-0.39, 0.29) is 23.2 Å². The van der Waals surface area contributed by atoms with Gasteiger partial charge in [0, 0.05) is 17.6 Å². The Hall–Kier alpha value is -2.11. The lowest BCUT2D eigenvalue weighted by Crippen LogP contribution is -2.71. The van der Waals surface area contributed by atoms with Gasteiger partial charge < -0.3 is 15.0 Å². The molecule has 2 aromatic carbocycles. The number of nitrogens with one attached hydrogen (secondary N) is 1. The maximum absolute atomic E-state index is 13.6. The predicted octanol–water partition coefficient (Wildman–Crippen LogP) is 4.79. The number of carbonyl (C=O) groups is 1. The molecule has 3 aliphatic rings. The molecule has 34 heavy (non-hydrogen) atoms. The van der Waals surface area contributed by atoms with Crippen LogP contribution in [0.15, 0.2) is 60.7 Å². The van der Waals surface area contributed by atoms with E-state index in [2.05, 4.69) is 91.7 Å². The molecule has 3 saturated heterocycles. The third-order valence-corrected chi connectivity index (χ3v) is 15.1. The number of benzene rings is 2. The summed E-state index contributed by atoms with van der Waals surface area (Å²) in [6, 6.07) is 23.2. The molecule has 0 radical (unpaired) electrons. The lowest BCUT2D eigenvalue weighted by molar-refractivity contribution is -0.00327. The Labute approximate surface area is 206 Å². The van der Waals surface area contributed by atoms with Gasteiger partial charge in [-0.15, -0.1) is 0 Å². The van der Waals surface area contributed by atoms with E-state index in [9.17, 15) is 4.79 Å². The van der Waals surface area contributed by atoms with Crippen molar-refractivity contribution in [1.29, 1.82) is 0 Å². The van der Waals surface area contributed by atoms with E-state index in [0.29, 0.717) is 17.5 Å². The zero-order chi connectivity index (χ0) is 24.3. The first kappa shape index (κ1) is 23.6. The van der Waals surface area contributed by atoms with Crippen LogP contribution in [0, 0.1) is 5.92 Å². The summed E-state index contributed by atoms with van der Waals surface area (Å²) in [7, 11) is -2.42. The normalized spacial score (nSPS) is 28.8. The standard InChI is InChI=1S/C29H40N2O2Si/c1-28(2,3)33-27(32)31-23-17-20-18-24(31)26(25(23)30-19-20)34(29(4,5)6,21-13-9-7-10-14-21)22-15-11-8-12-16-22/h7-16,20,23-26,30H,17-19H2,1-6H3/t20?,23-,24+,25-,26+/m0/s1. The van der Waals surface area contributed by atoms with Crippen LogP contribution in [0.4, 0.5) is 4.79 Å². The Morgan fingerprint density at radius 3 is 1.91 bits per heavy atom. The lowest BCUT2D eigenvalue weighted by atomic mass is 9.88. The predicted molar refractivity (Wildman–Crippen MR) is 142 cm³/mol. The van der Waals surface area contributed by atoms with Gasteiger partial charge in [0.2, 0.25) is 0 Å². The van der Waals surface area contributed by atoms with Gasteiger partial charge in [0.15, 0.2) is 0 Å². The van der Waals surface area contributed by atoms with Crippen molar-refractivity contribution in [3.63, 3.8) is 0 Å². The maximum Gasteiger partial charge on any atom is 0.410 e. The molecule has 4 nitrogen and oxygen atoms in total. The van der Waals surface area contributed by atoms with Gasteiger partial charge in [-0.25, -0.2) is 4.79 Å². The molecule has 2 aromatic rings. The van der Waals surface area contributed by atoms with Gasteiger partial charge in [0.1, 0.15) is 13.7 Å². The molecule has 0 aliphatic carbocycles. The number of hydrogen-bond acceptors (Lipinski definition) is 3. The van der Waals surface area contributed by atoms with Crippen LogP contribution in [0.2, 0.25) is 10.6 Å². The fraction of sp³-hybridized carbons (Fsp3) is 0.552. The number of piperidine rings is 2. The van der Waals surface area contributed by atoms with Crippen LogP contribution < -0.4 is 15.7 Å². The Kier molecular flexibility index (Phi) is 5.72. The van der Waals surface area contributed by atoms with Crippen molar-refractivity contribution < 1.29 is 9.53 Å². The highest BCUT2D eigenvalue weighted by molar-refractivity contribution is 7.05. The van der Waals surface area contributed by atoms with E-state index in [0.717, 1.165) is 19.4 Å². The molecule has 3 fully saturated rings. The Bertz CT molecular complexity index is 988. The summed E-state index contributed by atoms with van der Waals surface area (Å²) >= 11 is 0. The third kappa shape index (κ3) is 3.63. The van der Waals surface area contributed by atoms with Crippen molar-refractivity contribution in [3.8, 4) is 0 Å². The first-order valence-electron chi connectivity index (χ1n) is 12.9. The summed E-state index contributed by atoms with van der Waals surface area (Å²) in [5, 5.41) is 6.97. The quantitative estimate of drug-likeness (QED) is 0.648. The van der Waals surface area contributed by atoms with E-state index < -0.39 is 13.7 Å². The van der Waals surface area contributed by atoms with Crippen molar-refractivity contribution >= 4 is 24.5 Å². The minimum atomic E-state index is -2.42. The topological polar surface area (TPSA) is 41.6 Å². The minimum absolute atomic E-state index is 0.0528. The fourth-order valence-corrected chi connectivity index (χ4v) is 14.6. The van der Waals surface area contributed by atoms with Crippen LogP contribution in [0.1, 0.15) is 54.4 Å². The van der Waals surface area contributed by atoms with Crippen LogP contribution in [-0.4, -0.2) is 49.3 Å². The number of nitrogens with zero attached hydrogens (tertiary/aromatic N) is 1. The second-order valence-corrected chi connectivity index (χ2v) is 17.5. The van der Waals surface area contributed by atoms with Crippen molar-refractivity contribution in [2.24, 2.45) is 5.92 Å². The number of ether oxygens (including phenoxy) is 1. The van der Waals surface area contributed by atoms with Crippen LogP contribution in [0.25, 0.3) is 0 Å². The average Bonchev–Trinajstić information content (AvgIpc) is 2.87. The molecule has 5 heteroatoms. The summed E-state index contributed by atoms with van der Waals surface area (Å²) < 4.78 is 6.00. The van der Waals surface area contributed by atoms with Gasteiger partial charge in [-0.1, -0.05) is 91.8 Å². The van der Waals surface area contributed by atoms with E-state index in [1.807, 2.05) is 20.8 Å². The van der Waals surface area contributed by atoms with E-state index in [4.69, 9.17) is 4.74 Å². The summed E-state index contributed by atoms with van der Waals surface area (Å²) in [5.74, 6) is 0.633. The molecule has 3 heterocycles. The molecule has 3 bridgehead atoms. The zero-order valence-electron chi connectivity index (χ0n) is 21.5. The highest BCUT2D eigenvalue weighted by Crippen LogP contribution is 2.57. The number of fused-ring (bicyclic) bond motifs is 2. The monoisotopic (exact) mass is 476 g/mol. The summed E-state index contributed by atoms with van der Waals surface area (Å²) in [6.45, 7) is 14.3. The second kappa shape index (κ2) is 8.23. The molecule has 0 aromatic heterocycles. The van der Waals surface area contributed by atoms with Gasteiger partial charge in [-0.2, -0.15) is 0 Å². The molecule has 5 atom stereocenters. The molecular formula is C29H40N2O2Si. The fourth-order valence-electron chi connectivity index (χ4n) is 7.57. The molecule has 1 unspecified atom stereocenters. The van der Waals surface area contributed by atoms with Crippen LogP contribution in [-0.2, 0) is 4.74 Å². The van der Waals surface area contributed by atoms with E-state index in [1.54, 1.807) is 0 Å². The molecule has 1 amide bonds. The van der Waals surface area contributed by atoms with Crippen molar-refractivity contribution in [1.82, 2.24) is 10.2 Å². The van der Waals surface area contributed by atoms with Crippen molar-refractivity contribution in [3.05, 3.63) is 60.7 Å². The van der Waals surface area contributed by atoms with Crippen molar-refractivity contribution in [2.45, 2.75) is 88.7 Å². The smallest absolute Gasteiger partial charge is 0.410 e. The number of amides is 1. The molecule has 0 spiro atoms. The first-order valence-corrected chi connectivity index (χ1v) is 15.0. The largest absolute Gasteiger partial charge is 0.444 e. The molecule has 3 aliphatic heterocycles. The van der Waals surface area contributed by atoms with E-state index in [1.165, 1.54) is 10.4 Å². The van der Waals surface area contributed by atoms with E-state index >= 15 is 0 Å². The highest BCUT2D eigenvalue weighted by atomic mass is 28.3. The summed E-state index contributed by atoms with van der Waals surface area (Å²) in [5.41, 5.74) is -0.116. The maximum atomic E-state index is 13.6. The number of rotatable bonds is 3. The average molecular weight is 477 g/mol. The molecule has 182 valence electrons. The zero-order valence-corrected chi connectivity index (χ0v) is 22.5. The van der Waals surface area contributed by atoms with Gasteiger partial charge >= 0.3 is 6.09 Å². The van der Waals surface area contributed by atoms with Crippen LogP contribution >= 0.6 is 0 Å². The number of hydrogen-bond donors (Lipinski definition) is 1.